The molecule has 0 bridgehead atoms. The number of nitrogens with one attached hydrogen (secondary N) is 1. The van der Waals surface area contributed by atoms with Gasteiger partial charge in [0.2, 0.25) is 0 Å². The second kappa shape index (κ2) is 5.29. The number of urea groups is 1. The minimum absolute atomic E-state index is 0.541. The highest BCUT2D eigenvalue weighted by Gasteiger charge is 2.14. The minimum Gasteiger partial charge on any atom is -0.274 e. The van der Waals surface area contributed by atoms with Gasteiger partial charge in [-0.3, -0.25) is 5.43 Å². The van der Waals surface area contributed by atoms with Gasteiger partial charge < -0.3 is 0 Å². The number of carbonyl (C=O) groups excluding carboxylic acids is 1. The molecule has 15 heavy (non-hydrogen) atoms. The van der Waals surface area contributed by atoms with Crippen molar-refractivity contribution in [2.75, 3.05) is 5.01 Å². The van der Waals surface area contributed by atoms with Crippen molar-refractivity contribution >= 4 is 34.3 Å². The van der Waals surface area contributed by atoms with E-state index in [1.807, 2.05) is 24.5 Å². The van der Waals surface area contributed by atoms with Crippen molar-refractivity contribution < 1.29 is 4.79 Å². The molecule has 2 amide bonds. The van der Waals surface area contributed by atoms with Crippen LogP contribution in [0.1, 0.15) is 12.5 Å². The predicted octanol–water partition coefficient (Wildman–Crippen LogP) is 1.12. The van der Waals surface area contributed by atoms with Crippen LogP contribution >= 0.6 is 22.6 Å². The van der Waals surface area contributed by atoms with Crippen LogP contribution in [0.3, 0.4) is 0 Å². The number of halogens is 1. The summed E-state index contributed by atoms with van der Waals surface area (Å²) < 4.78 is 0.962. The molecule has 0 saturated heterocycles. The fourth-order valence-electron chi connectivity index (χ4n) is 1.20. The van der Waals surface area contributed by atoms with Gasteiger partial charge in [0.05, 0.1) is 5.69 Å². The van der Waals surface area contributed by atoms with E-state index in [1.54, 1.807) is 6.07 Å². The molecule has 1 rings (SSSR count). The summed E-state index contributed by atoms with van der Waals surface area (Å²) >= 11 is 2.16. The van der Waals surface area contributed by atoms with E-state index in [0.29, 0.717) is 5.69 Å². The van der Waals surface area contributed by atoms with Crippen LogP contribution in [0.15, 0.2) is 18.2 Å². The lowest BCUT2D eigenvalue weighted by molar-refractivity contribution is 0.246. The lowest BCUT2D eigenvalue weighted by Crippen LogP contribution is -2.48. The largest absolute Gasteiger partial charge is 0.350 e. The first-order chi connectivity index (χ1) is 7.11. The highest BCUT2D eigenvalue weighted by Crippen LogP contribution is 2.24. The van der Waals surface area contributed by atoms with Crippen LogP contribution in [0, 0.1) is 3.57 Å². The van der Waals surface area contributed by atoms with Gasteiger partial charge in [0.25, 0.3) is 0 Å². The lowest BCUT2D eigenvalue weighted by Gasteiger charge is -2.18. The first-order valence-corrected chi connectivity index (χ1v) is 5.52. The molecule has 1 aromatic rings. The summed E-state index contributed by atoms with van der Waals surface area (Å²) in [4.78, 5) is 11.2. The Morgan fingerprint density at radius 1 is 1.60 bits per heavy atom. The molecule has 0 aliphatic rings. The zero-order valence-corrected chi connectivity index (χ0v) is 10.5. The molecular weight excluding hydrogens is 307 g/mol. The third kappa shape index (κ3) is 2.58. The van der Waals surface area contributed by atoms with Gasteiger partial charge in [0.15, 0.2) is 0 Å². The first-order valence-electron chi connectivity index (χ1n) is 4.44. The summed E-state index contributed by atoms with van der Waals surface area (Å²) in [6.07, 6.45) is 0.893. The van der Waals surface area contributed by atoms with E-state index in [9.17, 15) is 4.79 Å². The molecule has 0 saturated carbocycles. The van der Waals surface area contributed by atoms with Crippen molar-refractivity contribution in [3.8, 4) is 0 Å². The van der Waals surface area contributed by atoms with Crippen LogP contribution in [0.25, 0.3) is 0 Å². The Balaban J connectivity index is 3.09. The maximum atomic E-state index is 11.2. The molecular formula is C9H13IN4O. The molecule has 82 valence electrons. The Morgan fingerprint density at radius 3 is 2.80 bits per heavy atom. The Hall–Kier alpha value is -0.860. The summed E-state index contributed by atoms with van der Waals surface area (Å²) in [5, 5.41) is 1.00. The van der Waals surface area contributed by atoms with Gasteiger partial charge in [-0.15, -0.1) is 0 Å². The van der Waals surface area contributed by atoms with Crippen LogP contribution in [-0.2, 0) is 6.42 Å². The van der Waals surface area contributed by atoms with E-state index in [2.05, 4.69) is 22.6 Å². The van der Waals surface area contributed by atoms with E-state index < -0.39 is 6.03 Å². The quantitative estimate of drug-likeness (QED) is 0.330. The second-order valence-electron chi connectivity index (χ2n) is 2.92. The van der Waals surface area contributed by atoms with Gasteiger partial charge in [-0.25, -0.2) is 21.5 Å². The molecule has 1 aromatic carbocycles. The van der Waals surface area contributed by atoms with E-state index in [-0.39, 0.29) is 0 Å². The number of anilines is 1. The SMILES string of the molecule is CCc1cccc(N(N)C(=O)NN)c1I. The summed E-state index contributed by atoms with van der Waals surface area (Å²) in [6, 6.07) is 5.09. The number of nitrogens with zero attached hydrogens (tertiary/aromatic N) is 1. The topological polar surface area (TPSA) is 84.4 Å². The average molecular weight is 320 g/mol. The first kappa shape index (κ1) is 12.2. The number of amides is 2. The summed E-state index contributed by atoms with van der Waals surface area (Å²) in [6.45, 7) is 2.05. The van der Waals surface area contributed by atoms with Crippen LogP contribution in [0.2, 0.25) is 0 Å². The van der Waals surface area contributed by atoms with Gasteiger partial charge in [0, 0.05) is 3.57 Å². The molecule has 0 aromatic heterocycles. The van der Waals surface area contributed by atoms with Crippen molar-refractivity contribution in [2.24, 2.45) is 11.7 Å². The Bertz CT molecular complexity index is 369. The number of hydrogen-bond donors (Lipinski definition) is 3. The third-order valence-corrected chi connectivity index (χ3v) is 3.29. The van der Waals surface area contributed by atoms with Crippen molar-refractivity contribution in [3.63, 3.8) is 0 Å². The molecule has 0 atom stereocenters. The number of rotatable bonds is 2. The van der Waals surface area contributed by atoms with E-state index in [0.717, 1.165) is 20.6 Å². The zero-order valence-electron chi connectivity index (χ0n) is 8.33. The van der Waals surface area contributed by atoms with Crippen molar-refractivity contribution in [2.45, 2.75) is 13.3 Å². The maximum absolute atomic E-state index is 11.2. The molecule has 0 aliphatic carbocycles. The number of hydrazine groups is 2. The van der Waals surface area contributed by atoms with Crippen molar-refractivity contribution in [3.05, 3.63) is 27.3 Å². The van der Waals surface area contributed by atoms with Gasteiger partial charge in [-0.2, -0.15) is 0 Å². The van der Waals surface area contributed by atoms with E-state index in [1.165, 1.54) is 0 Å². The normalized spacial score (nSPS) is 9.87. The molecule has 5 N–H and O–H groups in total. The molecule has 0 heterocycles. The highest BCUT2D eigenvalue weighted by molar-refractivity contribution is 14.1. The van der Waals surface area contributed by atoms with E-state index in [4.69, 9.17) is 11.7 Å². The average Bonchev–Trinajstić information content (AvgIpc) is 2.27. The van der Waals surface area contributed by atoms with Gasteiger partial charge in [-0.05, 0) is 40.6 Å². The summed E-state index contributed by atoms with van der Waals surface area (Å²) in [5.74, 6) is 10.6. The standard InChI is InChI=1S/C9H13IN4O/c1-2-6-4-3-5-7(8(6)10)14(12)9(15)13-11/h3-5H,2,11-12H2,1H3,(H,13,15). The van der Waals surface area contributed by atoms with Crippen LogP contribution in [0.5, 0.6) is 0 Å². The molecule has 0 radical (unpaired) electrons. The Kier molecular flexibility index (Phi) is 4.30. The lowest BCUT2D eigenvalue weighted by atomic mass is 10.1. The molecule has 0 unspecified atom stereocenters. The van der Waals surface area contributed by atoms with E-state index >= 15 is 0 Å². The van der Waals surface area contributed by atoms with Crippen LogP contribution < -0.4 is 22.1 Å². The molecule has 0 fully saturated rings. The predicted molar refractivity (Wildman–Crippen MR) is 67.9 cm³/mol. The number of aryl methyl sites for hydroxylation is 1. The molecule has 0 spiro atoms. The Labute approximate surface area is 102 Å². The number of carbonyl (C=O) groups is 1. The minimum atomic E-state index is -0.541. The number of benzene rings is 1. The van der Waals surface area contributed by atoms with Crippen LogP contribution in [-0.4, -0.2) is 6.03 Å². The second-order valence-corrected chi connectivity index (χ2v) is 4.00. The van der Waals surface area contributed by atoms with Gasteiger partial charge in [-0.1, -0.05) is 19.1 Å². The Morgan fingerprint density at radius 2 is 2.27 bits per heavy atom. The highest BCUT2D eigenvalue weighted by atomic mass is 127. The summed E-state index contributed by atoms with van der Waals surface area (Å²) in [7, 11) is 0. The number of hydrogen-bond acceptors (Lipinski definition) is 3. The van der Waals surface area contributed by atoms with Gasteiger partial charge in [0.1, 0.15) is 0 Å². The zero-order chi connectivity index (χ0) is 11.4. The van der Waals surface area contributed by atoms with Gasteiger partial charge >= 0.3 is 6.03 Å². The van der Waals surface area contributed by atoms with Crippen LogP contribution in [0.4, 0.5) is 10.5 Å². The molecule has 5 nitrogen and oxygen atoms in total. The monoisotopic (exact) mass is 320 g/mol. The molecule has 0 aliphatic heterocycles. The fourth-order valence-corrected chi connectivity index (χ4v) is 2.21. The molecule has 6 heteroatoms. The maximum Gasteiger partial charge on any atom is 0.350 e. The van der Waals surface area contributed by atoms with Crippen molar-refractivity contribution in [1.29, 1.82) is 0 Å². The number of nitrogens with two attached hydrogens (primary N) is 2. The van der Waals surface area contributed by atoms with Crippen molar-refractivity contribution in [1.82, 2.24) is 5.43 Å². The smallest absolute Gasteiger partial charge is 0.274 e. The fraction of sp³-hybridized carbons (Fsp3) is 0.222. The summed E-state index contributed by atoms with van der Waals surface area (Å²) in [5.41, 5.74) is 3.78. The third-order valence-electron chi connectivity index (χ3n) is 2.04.